The van der Waals surface area contributed by atoms with Crippen LogP contribution in [0.1, 0.15) is 16.5 Å². The van der Waals surface area contributed by atoms with Gasteiger partial charge in [0, 0.05) is 11.6 Å². The van der Waals surface area contributed by atoms with Gasteiger partial charge in [0.25, 0.3) is 0 Å². The van der Waals surface area contributed by atoms with Crippen LogP contribution in [0, 0.1) is 0 Å². The summed E-state index contributed by atoms with van der Waals surface area (Å²) in [6.07, 6.45) is 0. The third kappa shape index (κ3) is 3.14. The van der Waals surface area contributed by atoms with Crippen molar-refractivity contribution >= 4 is 34.8 Å². The minimum absolute atomic E-state index is 0.384. The molecule has 0 aliphatic rings. The molecule has 0 fully saturated rings. The highest BCUT2D eigenvalue weighted by Crippen LogP contribution is 2.38. The Morgan fingerprint density at radius 2 is 1.65 bits per heavy atom. The third-order valence-electron chi connectivity index (χ3n) is 2.95. The van der Waals surface area contributed by atoms with E-state index in [0.29, 0.717) is 21.5 Å². The molecule has 0 radical (unpaired) electrons. The van der Waals surface area contributed by atoms with Gasteiger partial charge in [0.15, 0.2) is 0 Å². The van der Waals surface area contributed by atoms with Crippen molar-refractivity contribution < 1.29 is 9.47 Å². The highest BCUT2D eigenvalue weighted by atomic mass is 35.5. The van der Waals surface area contributed by atoms with E-state index in [1.54, 1.807) is 32.4 Å². The molecular weight excluding hydrogens is 319 g/mol. The van der Waals surface area contributed by atoms with Crippen LogP contribution in [-0.2, 0) is 0 Å². The molecule has 2 rings (SSSR count). The number of hydrogen-bond donors (Lipinski definition) is 0. The molecule has 1 unspecified atom stereocenters. The first-order valence-electron chi connectivity index (χ1n) is 5.87. The number of benzene rings is 2. The van der Waals surface area contributed by atoms with E-state index in [-0.39, 0.29) is 5.38 Å². The largest absolute Gasteiger partial charge is 0.497 e. The van der Waals surface area contributed by atoms with E-state index < -0.39 is 0 Å². The predicted octanol–water partition coefficient (Wildman–Crippen LogP) is 5.34. The molecule has 2 aromatic rings. The minimum atomic E-state index is -0.384. The van der Waals surface area contributed by atoms with Gasteiger partial charge in [-0.25, -0.2) is 0 Å². The fraction of sp³-hybridized carbons (Fsp3) is 0.200. The summed E-state index contributed by atoms with van der Waals surface area (Å²) >= 11 is 18.5. The monoisotopic (exact) mass is 330 g/mol. The normalized spacial score (nSPS) is 12.1. The smallest absolute Gasteiger partial charge is 0.127 e. The number of halogens is 3. The summed E-state index contributed by atoms with van der Waals surface area (Å²) in [5.41, 5.74) is 1.69. The molecule has 0 saturated carbocycles. The van der Waals surface area contributed by atoms with Crippen molar-refractivity contribution in [1.82, 2.24) is 0 Å². The second-order valence-corrected chi connectivity index (χ2v) is 5.39. The quantitative estimate of drug-likeness (QED) is 0.704. The Labute approximate surface area is 133 Å². The van der Waals surface area contributed by atoms with Gasteiger partial charge < -0.3 is 9.47 Å². The number of alkyl halides is 1. The maximum atomic E-state index is 6.51. The number of hydrogen-bond acceptors (Lipinski definition) is 2. The molecule has 1 atom stereocenters. The maximum Gasteiger partial charge on any atom is 0.127 e. The molecule has 0 amide bonds. The Bertz CT molecular complexity index is 614. The first-order chi connectivity index (χ1) is 9.56. The molecule has 0 aliphatic carbocycles. The van der Waals surface area contributed by atoms with Gasteiger partial charge in [-0.05, 0) is 29.8 Å². The summed E-state index contributed by atoms with van der Waals surface area (Å²) in [6.45, 7) is 0. The van der Waals surface area contributed by atoms with E-state index in [1.165, 1.54) is 0 Å². The molecular formula is C15H13Cl3O2. The van der Waals surface area contributed by atoms with Gasteiger partial charge in [0.1, 0.15) is 11.5 Å². The summed E-state index contributed by atoms with van der Waals surface area (Å²) in [4.78, 5) is 0. The molecule has 0 saturated heterocycles. The number of methoxy groups -OCH3 is 2. The third-order valence-corrected chi connectivity index (χ3v) is 4.18. The zero-order chi connectivity index (χ0) is 14.7. The molecule has 0 aromatic heterocycles. The van der Waals surface area contributed by atoms with Crippen molar-refractivity contribution in [1.29, 1.82) is 0 Å². The topological polar surface area (TPSA) is 18.5 Å². The lowest BCUT2D eigenvalue weighted by atomic mass is 10.0. The lowest BCUT2D eigenvalue weighted by Gasteiger charge is -2.16. The van der Waals surface area contributed by atoms with Gasteiger partial charge in [-0.1, -0.05) is 29.3 Å². The molecule has 0 aliphatic heterocycles. The van der Waals surface area contributed by atoms with E-state index in [9.17, 15) is 0 Å². The molecule has 0 heterocycles. The fourth-order valence-electron chi connectivity index (χ4n) is 1.88. The maximum absolute atomic E-state index is 6.51. The molecule has 106 valence electrons. The molecule has 2 aromatic carbocycles. The van der Waals surface area contributed by atoms with Crippen molar-refractivity contribution in [2.24, 2.45) is 0 Å². The van der Waals surface area contributed by atoms with E-state index in [1.807, 2.05) is 18.2 Å². The van der Waals surface area contributed by atoms with Gasteiger partial charge in [-0.15, -0.1) is 11.6 Å². The van der Waals surface area contributed by atoms with Crippen molar-refractivity contribution in [3.05, 3.63) is 57.6 Å². The molecule has 2 nitrogen and oxygen atoms in total. The summed E-state index contributed by atoms with van der Waals surface area (Å²) in [6, 6.07) is 10.8. The molecule has 0 spiro atoms. The van der Waals surface area contributed by atoms with Crippen LogP contribution in [0.2, 0.25) is 10.0 Å². The van der Waals surface area contributed by atoms with Crippen LogP contribution in [-0.4, -0.2) is 14.2 Å². The van der Waals surface area contributed by atoms with Gasteiger partial charge in [-0.3, -0.25) is 0 Å². The fourth-order valence-corrected chi connectivity index (χ4v) is 2.50. The second-order valence-electron chi connectivity index (χ2n) is 4.14. The Morgan fingerprint density at radius 1 is 0.900 bits per heavy atom. The first kappa shape index (κ1) is 15.3. The van der Waals surface area contributed by atoms with E-state index in [0.717, 1.165) is 11.1 Å². The molecule has 0 bridgehead atoms. The van der Waals surface area contributed by atoms with Crippen molar-refractivity contribution in [2.45, 2.75) is 5.38 Å². The molecule has 5 heteroatoms. The Kier molecular flexibility index (Phi) is 5.03. The van der Waals surface area contributed by atoms with E-state index >= 15 is 0 Å². The van der Waals surface area contributed by atoms with Crippen molar-refractivity contribution in [3.63, 3.8) is 0 Å². The van der Waals surface area contributed by atoms with Crippen LogP contribution in [0.3, 0.4) is 0 Å². The highest BCUT2D eigenvalue weighted by molar-refractivity contribution is 6.42. The average molecular weight is 332 g/mol. The number of ether oxygens (including phenoxy) is 2. The Balaban J connectivity index is 2.41. The van der Waals surface area contributed by atoms with Gasteiger partial charge >= 0.3 is 0 Å². The van der Waals surface area contributed by atoms with Gasteiger partial charge in [-0.2, -0.15) is 0 Å². The minimum Gasteiger partial charge on any atom is -0.497 e. The van der Waals surface area contributed by atoms with Crippen LogP contribution < -0.4 is 9.47 Å². The van der Waals surface area contributed by atoms with Crippen LogP contribution in [0.5, 0.6) is 11.5 Å². The predicted molar refractivity (Wildman–Crippen MR) is 83.7 cm³/mol. The van der Waals surface area contributed by atoms with Gasteiger partial charge in [0.2, 0.25) is 0 Å². The van der Waals surface area contributed by atoms with Crippen LogP contribution in [0.4, 0.5) is 0 Å². The lowest BCUT2D eigenvalue weighted by molar-refractivity contribution is 0.391. The first-order valence-corrected chi connectivity index (χ1v) is 7.07. The summed E-state index contributed by atoms with van der Waals surface area (Å²) < 4.78 is 10.5. The standard InChI is InChI=1S/C15H13Cl3O2/c1-19-10-4-5-11(14(8-10)20-2)15(18)9-3-6-12(16)13(17)7-9/h3-8,15H,1-2H3. The molecule has 20 heavy (non-hydrogen) atoms. The van der Waals surface area contributed by atoms with E-state index in [4.69, 9.17) is 44.3 Å². The Hall–Kier alpha value is -1.09. The number of rotatable bonds is 4. The summed E-state index contributed by atoms with van der Waals surface area (Å²) in [5.74, 6) is 1.37. The van der Waals surface area contributed by atoms with E-state index in [2.05, 4.69) is 0 Å². The summed E-state index contributed by atoms with van der Waals surface area (Å²) in [5, 5.41) is 0.592. The zero-order valence-electron chi connectivity index (χ0n) is 11.0. The highest BCUT2D eigenvalue weighted by Gasteiger charge is 2.17. The SMILES string of the molecule is COc1ccc(C(Cl)c2ccc(Cl)c(Cl)c2)c(OC)c1. The van der Waals surface area contributed by atoms with Crippen molar-refractivity contribution in [2.75, 3.05) is 14.2 Å². The molecule has 0 N–H and O–H groups in total. The van der Waals surface area contributed by atoms with Crippen LogP contribution >= 0.6 is 34.8 Å². The average Bonchev–Trinajstić information content (AvgIpc) is 2.48. The summed E-state index contributed by atoms with van der Waals surface area (Å²) in [7, 11) is 3.20. The van der Waals surface area contributed by atoms with Crippen molar-refractivity contribution in [3.8, 4) is 11.5 Å². The lowest BCUT2D eigenvalue weighted by Crippen LogP contribution is -1.98. The second kappa shape index (κ2) is 6.57. The zero-order valence-corrected chi connectivity index (χ0v) is 13.3. The van der Waals surface area contributed by atoms with Gasteiger partial charge in [0.05, 0.1) is 29.6 Å². The van der Waals surface area contributed by atoms with Crippen LogP contribution in [0.15, 0.2) is 36.4 Å². The van der Waals surface area contributed by atoms with Crippen LogP contribution in [0.25, 0.3) is 0 Å². The Morgan fingerprint density at radius 3 is 2.25 bits per heavy atom.